The van der Waals surface area contributed by atoms with Crippen LogP contribution in [0.2, 0.25) is 0 Å². The lowest BCUT2D eigenvalue weighted by atomic mass is 10.1. The molecular weight excluding hydrogens is 278 g/mol. The average Bonchev–Trinajstić information content (AvgIpc) is 2.48. The molecule has 1 atom stereocenters. The minimum absolute atomic E-state index is 0.104. The zero-order chi connectivity index (χ0) is 16.1. The van der Waals surface area contributed by atoms with Crippen molar-refractivity contribution in [1.82, 2.24) is 0 Å². The van der Waals surface area contributed by atoms with Crippen LogP contribution in [0, 0.1) is 0 Å². The van der Waals surface area contributed by atoms with E-state index in [0.717, 1.165) is 11.3 Å². The number of ether oxygens (including phenoxy) is 1. The van der Waals surface area contributed by atoms with Gasteiger partial charge in [0.05, 0.1) is 12.2 Å². The fraction of sp³-hybridized carbons (Fsp3) is 0.278. The molecule has 2 N–H and O–H groups in total. The Morgan fingerprint density at radius 2 is 1.59 bits per heavy atom. The Bertz CT molecular complexity index is 616. The minimum atomic E-state index is -0.516. The van der Waals surface area contributed by atoms with Gasteiger partial charge in [-0.25, -0.2) is 0 Å². The second-order valence-electron chi connectivity index (χ2n) is 5.44. The lowest BCUT2D eigenvalue weighted by Gasteiger charge is -2.11. The van der Waals surface area contributed by atoms with Crippen LogP contribution in [0.3, 0.4) is 0 Å². The van der Waals surface area contributed by atoms with Gasteiger partial charge in [-0.2, -0.15) is 0 Å². The maximum absolute atomic E-state index is 12.2. The van der Waals surface area contributed by atoms with Crippen molar-refractivity contribution in [3.8, 4) is 5.75 Å². The van der Waals surface area contributed by atoms with Crippen LogP contribution in [-0.4, -0.2) is 17.1 Å². The normalized spacial score (nSPS) is 12.0. The van der Waals surface area contributed by atoms with Crippen LogP contribution in [0.5, 0.6) is 5.75 Å². The molecule has 116 valence electrons. The summed E-state index contributed by atoms with van der Waals surface area (Å²) in [4.78, 5) is 12.2. The first-order valence-corrected chi connectivity index (χ1v) is 7.32. The van der Waals surface area contributed by atoms with Crippen molar-refractivity contribution in [2.45, 2.75) is 33.0 Å². The van der Waals surface area contributed by atoms with Crippen molar-refractivity contribution in [3.63, 3.8) is 0 Å². The van der Waals surface area contributed by atoms with Crippen molar-refractivity contribution >= 4 is 11.6 Å². The van der Waals surface area contributed by atoms with Crippen LogP contribution in [0.15, 0.2) is 48.5 Å². The topological polar surface area (TPSA) is 58.6 Å². The maximum atomic E-state index is 12.2. The van der Waals surface area contributed by atoms with E-state index in [9.17, 15) is 9.90 Å². The van der Waals surface area contributed by atoms with E-state index in [1.807, 2.05) is 13.8 Å². The number of anilines is 1. The molecule has 0 bridgehead atoms. The third kappa shape index (κ3) is 4.33. The molecule has 1 unspecified atom stereocenters. The number of hydrogen-bond acceptors (Lipinski definition) is 3. The zero-order valence-corrected chi connectivity index (χ0v) is 13.0. The molecule has 0 saturated carbocycles. The summed E-state index contributed by atoms with van der Waals surface area (Å²) in [6.45, 7) is 5.61. The second kappa shape index (κ2) is 7.09. The maximum Gasteiger partial charge on any atom is 0.255 e. The number of hydrogen-bond donors (Lipinski definition) is 2. The fourth-order valence-electron chi connectivity index (χ4n) is 2.01. The third-order valence-corrected chi connectivity index (χ3v) is 3.14. The third-order valence-electron chi connectivity index (χ3n) is 3.14. The quantitative estimate of drug-likeness (QED) is 0.883. The van der Waals surface area contributed by atoms with Gasteiger partial charge >= 0.3 is 0 Å². The van der Waals surface area contributed by atoms with Crippen molar-refractivity contribution < 1.29 is 14.6 Å². The predicted octanol–water partition coefficient (Wildman–Crippen LogP) is 3.78. The SMILES string of the molecule is CC(C)Oc1ccc(C(=O)Nc2ccc(C(C)O)cc2)cc1. The Hall–Kier alpha value is -2.33. The average molecular weight is 299 g/mol. The van der Waals surface area contributed by atoms with Crippen LogP contribution in [0.1, 0.15) is 42.8 Å². The summed E-state index contributed by atoms with van der Waals surface area (Å²) in [7, 11) is 0. The van der Waals surface area contributed by atoms with Gasteiger partial charge in [-0.05, 0) is 62.7 Å². The Balaban J connectivity index is 2.02. The van der Waals surface area contributed by atoms with Gasteiger partial charge in [0.15, 0.2) is 0 Å². The summed E-state index contributed by atoms with van der Waals surface area (Å²) < 4.78 is 5.55. The molecule has 0 saturated heterocycles. The molecule has 2 aromatic rings. The molecule has 0 fully saturated rings. The number of carbonyl (C=O) groups is 1. The van der Waals surface area contributed by atoms with E-state index in [2.05, 4.69) is 5.32 Å². The van der Waals surface area contributed by atoms with E-state index >= 15 is 0 Å². The number of amides is 1. The van der Waals surface area contributed by atoms with Gasteiger partial charge in [0.1, 0.15) is 5.75 Å². The van der Waals surface area contributed by atoms with E-state index in [1.165, 1.54) is 0 Å². The van der Waals surface area contributed by atoms with Gasteiger partial charge in [-0.1, -0.05) is 12.1 Å². The predicted molar refractivity (Wildman–Crippen MR) is 87.2 cm³/mol. The smallest absolute Gasteiger partial charge is 0.255 e. The van der Waals surface area contributed by atoms with E-state index in [1.54, 1.807) is 55.5 Å². The van der Waals surface area contributed by atoms with Crippen molar-refractivity contribution in [3.05, 3.63) is 59.7 Å². The Kier molecular flexibility index (Phi) is 5.17. The minimum Gasteiger partial charge on any atom is -0.491 e. The lowest BCUT2D eigenvalue weighted by molar-refractivity contribution is 0.102. The van der Waals surface area contributed by atoms with Gasteiger partial charge in [0.2, 0.25) is 0 Å². The molecule has 0 aliphatic rings. The standard InChI is InChI=1S/C18H21NO3/c1-12(2)22-17-10-6-15(7-11-17)18(21)19-16-8-4-14(5-9-16)13(3)20/h4-13,20H,1-3H3,(H,19,21). The van der Waals surface area contributed by atoms with Gasteiger partial charge < -0.3 is 15.2 Å². The van der Waals surface area contributed by atoms with Crippen LogP contribution in [0.4, 0.5) is 5.69 Å². The highest BCUT2D eigenvalue weighted by atomic mass is 16.5. The number of nitrogens with one attached hydrogen (secondary N) is 1. The first-order valence-electron chi connectivity index (χ1n) is 7.32. The Morgan fingerprint density at radius 3 is 2.09 bits per heavy atom. The molecule has 0 heterocycles. The summed E-state index contributed by atoms with van der Waals surface area (Å²) >= 11 is 0. The van der Waals surface area contributed by atoms with E-state index in [0.29, 0.717) is 11.3 Å². The summed E-state index contributed by atoms with van der Waals surface area (Å²) in [6.07, 6.45) is -0.412. The molecule has 0 spiro atoms. The van der Waals surface area contributed by atoms with Crippen molar-refractivity contribution in [1.29, 1.82) is 0 Å². The van der Waals surface area contributed by atoms with Gasteiger partial charge in [0, 0.05) is 11.3 Å². The lowest BCUT2D eigenvalue weighted by Crippen LogP contribution is -2.12. The van der Waals surface area contributed by atoms with Gasteiger partial charge in [-0.3, -0.25) is 4.79 Å². The molecule has 1 amide bonds. The van der Waals surface area contributed by atoms with E-state index < -0.39 is 6.10 Å². The molecule has 0 aromatic heterocycles. The molecule has 22 heavy (non-hydrogen) atoms. The highest BCUT2D eigenvalue weighted by Crippen LogP contribution is 2.18. The number of benzene rings is 2. The highest BCUT2D eigenvalue weighted by molar-refractivity contribution is 6.04. The molecule has 4 heteroatoms. The van der Waals surface area contributed by atoms with Gasteiger partial charge in [-0.15, -0.1) is 0 Å². The summed E-state index contributed by atoms with van der Waals surface area (Å²) in [6, 6.07) is 14.2. The molecule has 4 nitrogen and oxygen atoms in total. The first kappa shape index (κ1) is 16.0. The molecule has 0 aliphatic carbocycles. The van der Waals surface area contributed by atoms with Crippen LogP contribution < -0.4 is 10.1 Å². The van der Waals surface area contributed by atoms with E-state index in [-0.39, 0.29) is 12.0 Å². The zero-order valence-electron chi connectivity index (χ0n) is 13.0. The molecular formula is C18H21NO3. The van der Waals surface area contributed by atoms with Crippen molar-refractivity contribution in [2.75, 3.05) is 5.32 Å². The largest absolute Gasteiger partial charge is 0.491 e. The highest BCUT2D eigenvalue weighted by Gasteiger charge is 2.07. The van der Waals surface area contributed by atoms with Crippen molar-refractivity contribution in [2.24, 2.45) is 0 Å². The van der Waals surface area contributed by atoms with Crippen LogP contribution >= 0.6 is 0 Å². The second-order valence-corrected chi connectivity index (χ2v) is 5.44. The summed E-state index contributed by atoms with van der Waals surface area (Å²) in [5.41, 5.74) is 2.07. The summed E-state index contributed by atoms with van der Waals surface area (Å²) in [5, 5.41) is 12.3. The molecule has 0 radical (unpaired) electrons. The fourth-order valence-corrected chi connectivity index (χ4v) is 2.01. The number of carbonyl (C=O) groups excluding carboxylic acids is 1. The number of aliphatic hydroxyl groups is 1. The Labute approximate surface area is 130 Å². The van der Waals surface area contributed by atoms with E-state index in [4.69, 9.17) is 4.74 Å². The first-order chi connectivity index (χ1) is 10.5. The monoisotopic (exact) mass is 299 g/mol. The summed E-state index contributed by atoms with van der Waals surface area (Å²) in [5.74, 6) is 0.564. The molecule has 2 rings (SSSR count). The Morgan fingerprint density at radius 1 is 1.00 bits per heavy atom. The van der Waals surface area contributed by atoms with Crippen LogP contribution in [-0.2, 0) is 0 Å². The number of rotatable bonds is 5. The number of aliphatic hydroxyl groups excluding tert-OH is 1. The molecule has 2 aromatic carbocycles. The van der Waals surface area contributed by atoms with Crippen LogP contribution in [0.25, 0.3) is 0 Å². The molecule has 0 aliphatic heterocycles. The van der Waals surface area contributed by atoms with Gasteiger partial charge in [0.25, 0.3) is 5.91 Å².